The second-order valence-corrected chi connectivity index (χ2v) is 6.67. The Kier molecular flexibility index (Phi) is 8.00. The van der Waals surface area contributed by atoms with E-state index < -0.39 is 23.7 Å². The summed E-state index contributed by atoms with van der Waals surface area (Å²) in [6.07, 6.45) is -3.04. The van der Waals surface area contributed by atoms with E-state index in [0.717, 1.165) is 23.9 Å². The van der Waals surface area contributed by atoms with Crippen LogP contribution in [0.25, 0.3) is 0 Å². The second-order valence-electron chi connectivity index (χ2n) is 5.59. The van der Waals surface area contributed by atoms with E-state index in [1.807, 2.05) is 0 Å². The smallest absolute Gasteiger partial charge is 0.266 e. The van der Waals surface area contributed by atoms with E-state index in [1.165, 1.54) is 6.07 Å². The summed E-state index contributed by atoms with van der Waals surface area (Å²) in [5, 5.41) is 10.2. The van der Waals surface area contributed by atoms with E-state index in [-0.39, 0.29) is 47.5 Å². The van der Waals surface area contributed by atoms with Gasteiger partial charge >= 0.3 is 0 Å². The van der Waals surface area contributed by atoms with Gasteiger partial charge in [0.2, 0.25) is 11.8 Å². The first kappa shape index (κ1) is 22.2. The molecule has 0 fully saturated rings. The molecule has 1 aromatic heterocycles. The SMILES string of the molecule is NC(=O)CCC(=O)NCCSc1nonc1C(N)=Nc1ccc(F)c(C(F)F)c1. The van der Waals surface area contributed by atoms with E-state index in [4.69, 9.17) is 11.5 Å². The molecule has 0 aliphatic heterocycles. The number of rotatable bonds is 10. The monoisotopic (exact) mass is 430 g/mol. The molecule has 0 radical (unpaired) electrons. The van der Waals surface area contributed by atoms with Crippen LogP contribution in [0, 0.1) is 5.82 Å². The number of primary amides is 1. The van der Waals surface area contributed by atoms with Gasteiger partial charge in [-0.15, -0.1) is 0 Å². The molecule has 0 aliphatic rings. The minimum absolute atomic E-state index is 0.00531. The fraction of sp³-hybridized carbons (Fsp3) is 0.312. The normalized spacial score (nSPS) is 11.7. The van der Waals surface area contributed by atoms with E-state index >= 15 is 0 Å². The van der Waals surface area contributed by atoms with Crippen LogP contribution in [0.3, 0.4) is 0 Å². The Bertz CT molecular complexity index is 906. The number of thioether (sulfide) groups is 1. The molecule has 2 rings (SSSR count). The average Bonchev–Trinajstić information content (AvgIpc) is 3.13. The maximum atomic E-state index is 13.4. The van der Waals surface area contributed by atoms with Gasteiger partial charge in [-0.2, -0.15) is 0 Å². The van der Waals surface area contributed by atoms with Gasteiger partial charge in [-0.05, 0) is 28.5 Å². The van der Waals surface area contributed by atoms with Crippen molar-refractivity contribution in [3.8, 4) is 0 Å². The number of amidine groups is 1. The molecular formula is C16H17F3N6O3S. The number of nitrogens with two attached hydrogens (primary N) is 2. The zero-order valence-corrected chi connectivity index (χ0v) is 15.7. The summed E-state index contributed by atoms with van der Waals surface area (Å²) in [5.41, 5.74) is 10.1. The summed E-state index contributed by atoms with van der Waals surface area (Å²) in [4.78, 5) is 26.1. The topological polar surface area (TPSA) is 149 Å². The molecule has 29 heavy (non-hydrogen) atoms. The van der Waals surface area contributed by atoms with Crippen molar-refractivity contribution >= 4 is 35.1 Å². The van der Waals surface area contributed by atoms with Gasteiger partial charge in [0.05, 0.1) is 11.3 Å². The van der Waals surface area contributed by atoms with Gasteiger partial charge in [-0.25, -0.2) is 22.8 Å². The third-order valence-electron chi connectivity index (χ3n) is 3.43. The summed E-state index contributed by atoms with van der Waals surface area (Å²) < 4.78 is 43.6. The van der Waals surface area contributed by atoms with Crippen LogP contribution in [-0.2, 0) is 9.59 Å². The van der Waals surface area contributed by atoms with Crippen LogP contribution in [-0.4, -0.2) is 40.3 Å². The second kappa shape index (κ2) is 10.5. The number of aromatic nitrogens is 2. The lowest BCUT2D eigenvalue weighted by molar-refractivity contribution is -0.124. The number of aliphatic imine (C=N–C) groups is 1. The summed E-state index contributed by atoms with van der Waals surface area (Å²) in [7, 11) is 0. The number of halogens is 3. The zero-order chi connectivity index (χ0) is 21.4. The van der Waals surface area contributed by atoms with Crippen LogP contribution < -0.4 is 16.8 Å². The van der Waals surface area contributed by atoms with Crippen molar-refractivity contribution in [1.82, 2.24) is 15.6 Å². The van der Waals surface area contributed by atoms with Crippen LogP contribution in [0.5, 0.6) is 0 Å². The molecule has 9 nitrogen and oxygen atoms in total. The van der Waals surface area contributed by atoms with E-state index in [0.29, 0.717) is 5.75 Å². The first-order valence-corrected chi connectivity index (χ1v) is 9.19. The summed E-state index contributed by atoms with van der Waals surface area (Å²) in [5.74, 6) is -1.72. The van der Waals surface area contributed by atoms with Gasteiger partial charge < -0.3 is 16.8 Å². The van der Waals surface area contributed by atoms with Crippen molar-refractivity contribution in [3.05, 3.63) is 35.3 Å². The van der Waals surface area contributed by atoms with Crippen LogP contribution in [0.1, 0.15) is 30.5 Å². The van der Waals surface area contributed by atoms with E-state index in [1.54, 1.807) is 0 Å². The van der Waals surface area contributed by atoms with Crippen molar-refractivity contribution in [1.29, 1.82) is 0 Å². The first-order valence-electron chi connectivity index (χ1n) is 8.20. The van der Waals surface area contributed by atoms with E-state index in [9.17, 15) is 22.8 Å². The number of carbonyl (C=O) groups is 2. The van der Waals surface area contributed by atoms with Crippen LogP contribution in [0.15, 0.2) is 32.8 Å². The molecule has 13 heteroatoms. The Labute approximate surface area is 167 Å². The van der Waals surface area contributed by atoms with E-state index in [2.05, 4.69) is 25.3 Å². The molecule has 0 unspecified atom stereocenters. The highest BCUT2D eigenvalue weighted by Gasteiger charge is 2.17. The van der Waals surface area contributed by atoms with Crippen molar-refractivity contribution in [2.24, 2.45) is 16.5 Å². The summed E-state index contributed by atoms with van der Waals surface area (Å²) in [6, 6.07) is 2.94. The lowest BCUT2D eigenvalue weighted by Crippen LogP contribution is -2.27. The molecule has 0 bridgehead atoms. The Morgan fingerprint density at radius 3 is 2.69 bits per heavy atom. The van der Waals surface area contributed by atoms with Crippen molar-refractivity contribution in [2.45, 2.75) is 24.3 Å². The Hall–Kier alpha value is -3.09. The molecule has 0 saturated heterocycles. The summed E-state index contributed by atoms with van der Waals surface area (Å²) in [6.45, 7) is 0.265. The first-order chi connectivity index (χ1) is 13.8. The van der Waals surface area contributed by atoms with Crippen LogP contribution in [0.4, 0.5) is 18.9 Å². The fourth-order valence-electron chi connectivity index (χ4n) is 2.05. The third kappa shape index (κ3) is 6.78. The van der Waals surface area contributed by atoms with Gasteiger partial charge in [0.1, 0.15) is 5.82 Å². The number of amides is 2. The predicted octanol–water partition coefficient (Wildman–Crippen LogP) is 1.66. The van der Waals surface area contributed by atoms with Crippen molar-refractivity contribution in [3.63, 3.8) is 0 Å². The lowest BCUT2D eigenvalue weighted by atomic mass is 10.2. The van der Waals surface area contributed by atoms with Crippen LogP contribution >= 0.6 is 11.8 Å². The largest absolute Gasteiger partial charge is 0.382 e. The minimum Gasteiger partial charge on any atom is -0.382 e. The lowest BCUT2D eigenvalue weighted by Gasteiger charge is -2.05. The molecule has 0 spiro atoms. The molecule has 0 saturated carbocycles. The maximum absolute atomic E-state index is 13.4. The molecule has 1 aromatic carbocycles. The quantitative estimate of drug-likeness (QED) is 0.224. The number of hydrogen-bond donors (Lipinski definition) is 3. The fourth-order valence-corrected chi connectivity index (χ4v) is 2.82. The molecule has 1 heterocycles. The highest BCUT2D eigenvalue weighted by atomic mass is 32.2. The minimum atomic E-state index is -3.00. The number of nitrogens with zero attached hydrogens (tertiary/aromatic N) is 3. The van der Waals surface area contributed by atoms with Gasteiger partial charge in [-0.3, -0.25) is 9.59 Å². The van der Waals surface area contributed by atoms with Gasteiger partial charge in [0, 0.05) is 25.1 Å². The number of carbonyl (C=O) groups excluding carboxylic acids is 2. The molecule has 2 aromatic rings. The predicted molar refractivity (Wildman–Crippen MR) is 98.2 cm³/mol. The standard InChI is InChI=1S/C16H17F3N6O3S/c17-10-2-1-8(7-9(10)14(18)19)23-15(21)13-16(25-28-24-13)29-6-5-22-12(27)4-3-11(20)26/h1-2,7,14H,3-6H2,(H2,20,26)(H2,21,23)(H,22,27). The molecule has 0 atom stereocenters. The molecule has 0 aliphatic carbocycles. The molecule has 5 N–H and O–H groups in total. The Balaban J connectivity index is 1.97. The van der Waals surface area contributed by atoms with Gasteiger partial charge in [0.15, 0.2) is 16.6 Å². The number of benzene rings is 1. The van der Waals surface area contributed by atoms with Gasteiger partial charge in [0.25, 0.3) is 6.43 Å². The summed E-state index contributed by atoms with van der Waals surface area (Å²) >= 11 is 1.15. The average molecular weight is 430 g/mol. The molecule has 156 valence electrons. The van der Waals surface area contributed by atoms with Crippen molar-refractivity contribution < 1.29 is 27.4 Å². The third-order valence-corrected chi connectivity index (χ3v) is 4.38. The highest BCUT2D eigenvalue weighted by Crippen LogP contribution is 2.27. The van der Waals surface area contributed by atoms with Crippen LogP contribution in [0.2, 0.25) is 0 Å². The molecular weight excluding hydrogens is 413 g/mol. The number of nitrogens with one attached hydrogen (secondary N) is 1. The Morgan fingerprint density at radius 2 is 2.00 bits per heavy atom. The maximum Gasteiger partial charge on any atom is 0.266 e. The Morgan fingerprint density at radius 1 is 1.24 bits per heavy atom. The molecule has 2 amide bonds. The van der Waals surface area contributed by atoms with Crippen molar-refractivity contribution in [2.75, 3.05) is 12.3 Å². The number of hydrogen-bond acceptors (Lipinski definition) is 7. The zero-order valence-electron chi connectivity index (χ0n) is 14.9. The highest BCUT2D eigenvalue weighted by molar-refractivity contribution is 7.99. The number of alkyl halides is 2. The van der Waals surface area contributed by atoms with Gasteiger partial charge in [-0.1, -0.05) is 11.8 Å².